The van der Waals surface area contributed by atoms with Crippen molar-refractivity contribution >= 4 is 39.3 Å². The number of rotatable bonds is 6. The summed E-state index contributed by atoms with van der Waals surface area (Å²) in [6.45, 7) is 1.59. The fourth-order valence-electron chi connectivity index (χ4n) is 2.36. The van der Waals surface area contributed by atoms with E-state index in [1.54, 1.807) is 30.3 Å². The van der Waals surface area contributed by atoms with E-state index in [0.29, 0.717) is 15.1 Å². The molecule has 0 aromatic heterocycles. The molecule has 0 radical (unpaired) electrons. The highest BCUT2D eigenvalue weighted by molar-refractivity contribution is 9.10. The molecule has 1 atom stereocenters. The number of nitrogens with one attached hydrogen (secondary N) is 2. The maximum atomic E-state index is 13.4. The van der Waals surface area contributed by atoms with Gasteiger partial charge in [-0.15, -0.1) is 0 Å². The number of benzene rings is 2. The monoisotopic (exact) mass is 426 g/mol. The second-order valence-corrected chi connectivity index (χ2v) is 6.92. The van der Waals surface area contributed by atoms with Gasteiger partial charge in [-0.05, 0) is 41.5 Å². The van der Waals surface area contributed by atoms with Gasteiger partial charge in [0.25, 0.3) is 0 Å². The summed E-state index contributed by atoms with van der Waals surface area (Å²) in [7, 11) is 0. The Kier molecular flexibility index (Phi) is 6.96. The highest BCUT2D eigenvalue weighted by Gasteiger charge is 2.17. The van der Waals surface area contributed by atoms with Crippen molar-refractivity contribution in [2.24, 2.45) is 0 Å². The van der Waals surface area contributed by atoms with Crippen molar-refractivity contribution in [2.45, 2.75) is 25.9 Å². The summed E-state index contributed by atoms with van der Waals surface area (Å²) in [6.07, 6.45) is 0.0672. The van der Waals surface area contributed by atoms with Crippen molar-refractivity contribution in [3.05, 3.63) is 68.9 Å². The third kappa shape index (κ3) is 6.48. The fraction of sp³-hybridized carbons (Fsp3) is 0.222. The van der Waals surface area contributed by atoms with Gasteiger partial charge in [0.05, 0.1) is 12.5 Å². The molecule has 0 bridgehead atoms. The summed E-state index contributed by atoms with van der Waals surface area (Å²) in [5, 5.41) is 6.06. The van der Waals surface area contributed by atoms with Gasteiger partial charge >= 0.3 is 0 Å². The Balaban J connectivity index is 2.01. The van der Waals surface area contributed by atoms with Gasteiger partial charge in [0.1, 0.15) is 5.82 Å². The third-order valence-corrected chi connectivity index (χ3v) is 4.16. The molecule has 132 valence electrons. The number of carbonyl (C=O) groups is 2. The van der Waals surface area contributed by atoms with Gasteiger partial charge < -0.3 is 10.6 Å². The van der Waals surface area contributed by atoms with Crippen molar-refractivity contribution in [3.63, 3.8) is 0 Å². The number of amides is 2. The first-order valence-corrected chi connectivity index (χ1v) is 8.75. The van der Waals surface area contributed by atoms with E-state index in [2.05, 4.69) is 26.6 Å². The van der Waals surface area contributed by atoms with Gasteiger partial charge in [0, 0.05) is 23.0 Å². The zero-order valence-corrected chi connectivity index (χ0v) is 15.8. The van der Waals surface area contributed by atoms with Gasteiger partial charge in [-0.3, -0.25) is 9.59 Å². The molecule has 0 spiro atoms. The minimum Gasteiger partial charge on any atom is -0.352 e. The molecule has 0 saturated carbocycles. The predicted molar refractivity (Wildman–Crippen MR) is 98.6 cm³/mol. The molecule has 2 amide bonds. The number of halogens is 3. The number of carbonyl (C=O) groups excluding carboxylic acids is 2. The van der Waals surface area contributed by atoms with Gasteiger partial charge in [-0.1, -0.05) is 39.7 Å². The lowest BCUT2D eigenvalue weighted by molar-refractivity contribution is -0.122. The zero-order valence-electron chi connectivity index (χ0n) is 13.5. The summed E-state index contributed by atoms with van der Waals surface area (Å²) in [4.78, 5) is 23.6. The molecule has 0 fully saturated rings. The molecular weight excluding hydrogens is 411 g/mol. The summed E-state index contributed by atoms with van der Waals surface area (Å²) < 4.78 is 14.0. The van der Waals surface area contributed by atoms with E-state index in [-0.39, 0.29) is 30.6 Å². The maximum Gasteiger partial charge on any atom is 0.222 e. The van der Waals surface area contributed by atoms with Crippen molar-refractivity contribution in [2.75, 3.05) is 0 Å². The average molecular weight is 428 g/mol. The molecule has 7 heteroatoms. The van der Waals surface area contributed by atoms with E-state index in [4.69, 9.17) is 11.6 Å². The summed E-state index contributed by atoms with van der Waals surface area (Å²) in [5.74, 6) is -0.869. The van der Waals surface area contributed by atoms with Crippen LogP contribution in [0.5, 0.6) is 0 Å². The Hall–Kier alpha value is -1.92. The fourth-order valence-corrected chi connectivity index (χ4v) is 3.00. The highest BCUT2D eigenvalue weighted by atomic mass is 79.9. The molecule has 0 aliphatic carbocycles. The first kappa shape index (κ1) is 19.4. The van der Waals surface area contributed by atoms with Gasteiger partial charge in [0.15, 0.2) is 0 Å². The zero-order chi connectivity index (χ0) is 18.4. The molecule has 2 aromatic carbocycles. The second kappa shape index (κ2) is 8.97. The molecule has 25 heavy (non-hydrogen) atoms. The summed E-state index contributed by atoms with van der Waals surface area (Å²) in [6, 6.07) is 10.9. The number of hydrogen-bond donors (Lipinski definition) is 2. The molecule has 2 aromatic rings. The normalized spacial score (nSPS) is 11.7. The van der Waals surface area contributed by atoms with Gasteiger partial charge in [0.2, 0.25) is 11.8 Å². The van der Waals surface area contributed by atoms with Crippen molar-refractivity contribution < 1.29 is 14.0 Å². The standard InChI is InChI=1S/C18H17BrClFN2O2/c1-11(24)23-17(13-2-4-15(20)5-3-13)9-18(25)22-10-12-6-14(19)8-16(21)7-12/h2-8,17H,9-10H2,1H3,(H,22,25)(H,23,24). The Bertz CT molecular complexity index is 748. The number of hydrogen-bond acceptors (Lipinski definition) is 2. The van der Waals surface area contributed by atoms with Crippen LogP contribution in [0.1, 0.15) is 30.5 Å². The molecule has 0 aliphatic heterocycles. The van der Waals surface area contributed by atoms with Crippen LogP contribution in [0.3, 0.4) is 0 Å². The van der Waals surface area contributed by atoms with Crippen molar-refractivity contribution in [1.29, 1.82) is 0 Å². The first-order valence-electron chi connectivity index (χ1n) is 7.57. The van der Waals surface area contributed by atoms with Crippen molar-refractivity contribution in [3.8, 4) is 0 Å². The smallest absolute Gasteiger partial charge is 0.222 e. The van der Waals surface area contributed by atoms with Gasteiger partial charge in [-0.2, -0.15) is 0 Å². The molecule has 0 aliphatic rings. The van der Waals surface area contributed by atoms with E-state index in [1.165, 1.54) is 19.1 Å². The van der Waals surface area contributed by atoms with Crippen molar-refractivity contribution in [1.82, 2.24) is 10.6 Å². The van der Waals surface area contributed by atoms with Crippen LogP contribution < -0.4 is 10.6 Å². The van der Waals surface area contributed by atoms with Crippen LogP contribution in [0.2, 0.25) is 5.02 Å². The topological polar surface area (TPSA) is 58.2 Å². The lowest BCUT2D eigenvalue weighted by Gasteiger charge is -2.18. The van der Waals surface area contributed by atoms with E-state index in [0.717, 1.165) is 5.56 Å². The molecule has 0 saturated heterocycles. The molecule has 2 rings (SSSR count). The first-order chi connectivity index (χ1) is 11.8. The SMILES string of the molecule is CC(=O)NC(CC(=O)NCc1cc(F)cc(Br)c1)c1ccc(Cl)cc1. The largest absolute Gasteiger partial charge is 0.352 e. The minimum absolute atomic E-state index is 0.0672. The molecule has 4 nitrogen and oxygen atoms in total. The van der Waals surface area contributed by atoms with Crippen LogP contribution >= 0.6 is 27.5 Å². The molecule has 1 unspecified atom stereocenters. The van der Waals surface area contributed by atoms with Crippen LogP contribution in [0.4, 0.5) is 4.39 Å². The maximum absolute atomic E-state index is 13.4. The van der Waals surface area contributed by atoms with E-state index in [1.807, 2.05) is 0 Å². The summed E-state index contributed by atoms with van der Waals surface area (Å²) >= 11 is 9.08. The Morgan fingerprint density at radius 2 is 1.88 bits per heavy atom. The van der Waals surface area contributed by atoms with Crippen LogP contribution in [-0.2, 0) is 16.1 Å². The Morgan fingerprint density at radius 1 is 1.20 bits per heavy atom. The lowest BCUT2D eigenvalue weighted by atomic mass is 10.0. The molecule has 2 N–H and O–H groups in total. The quantitative estimate of drug-likeness (QED) is 0.728. The third-order valence-electron chi connectivity index (χ3n) is 3.45. The molecular formula is C18H17BrClFN2O2. The van der Waals surface area contributed by atoms with E-state index < -0.39 is 6.04 Å². The predicted octanol–water partition coefficient (Wildman–Crippen LogP) is 4.13. The summed E-state index contributed by atoms with van der Waals surface area (Å²) in [5.41, 5.74) is 1.42. The Labute approximate surface area is 158 Å². The van der Waals surface area contributed by atoms with Crippen LogP contribution in [0, 0.1) is 5.82 Å². The highest BCUT2D eigenvalue weighted by Crippen LogP contribution is 2.20. The second-order valence-electron chi connectivity index (χ2n) is 5.56. The van der Waals surface area contributed by atoms with Crippen LogP contribution in [-0.4, -0.2) is 11.8 Å². The molecule has 0 heterocycles. The van der Waals surface area contributed by atoms with Crippen LogP contribution in [0.25, 0.3) is 0 Å². The van der Waals surface area contributed by atoms with E-state index in [9.17, 15) is 14.0 Å². The average Bonchev–Trinajstić information content (AvgIpc) is 2.52. The Morgan fingerprint density at radius 3 is 2.48 bits per heavy atom. The van der Waals surface area contributed by atoms with E-state index >= 15 is 0 Å². The van der Waals surface area contributed by atoms with Crippen LogP contribution in [0.15, 0.2) is 46.9 Å². The van der Waals surface area contributed by atoms with Gasteiger partial charge in [-0.25, -0.2) is 4.39 Å². The lowest BCUT2D eigenvalue weighted by Crippen LogP contribution is -2.32. The minimum atomic E-state index is -0.464.